The molecule has 2 heterocycles. The summed E-state index contributed by atoms with van der Waals surface area (Å²) in [6, 6.07) is 3.96. The smallest absolute Gasteiger partial charge is 0.132 e. The van der Waals surface area contributed by atoms with Crippen LogP contribution in [0.25, 0.3) is 0 Å². The van der Waals surface area contributed by atoms with E-state index in [-0.39, 0.29) is 0 Å². The van der Waals surface area contributed by atoms with Gasteiger partial charge in [0.05, 0.1) is 0 Å². The van der Waals surface area contributed by atoms with Crippen molar-refractivity contribution in [3.8, 4) is 0 Å². The van der Waals surface area contributed by atoms with E-state index in [0.29, 0.717) is 6.54 Å². The number of hydrogen-bond donors (Lipinski definition) is 1. The normalized spacial score (nSPS) is 10.5. The van der Waals surface area contributed by atoms with Crippen molar-refractivity contribution in [1.29, 1.82) is 0 Å². The van der Waals surface area contributed by atoms with E-state index in [1.165, 1.54) is 5.56 Å². The number of pyridine rings is 1. The first-order chi connectivity index (χ1) is 8.33. The van der Waals surface area contributed by atoms with Crippen LogP contribution < -0.4 is 5.73 Å². The number of aryl methyl sites for hydroxylation is 1. The van der Waals surface area contributed by atoms with Gasteiger partial charge in [-0.05, 0) is 24.1 Å². The number of hydrogen-bond acceptors (Lipinski definition) is 4. The second kappa shape index (κ2) is 5.50. The van der Waals surface area contributed by atoms with Crippen LogP contribution in [0.5, 0.6) is 0 Å². The van der Waals surface area contributed by atoms with Crippen molar-refractivity contribution in [2.24, 2.45) is 5.73 Å². The summed E-state index contributed by atoms with van der Waals surface area (Å²) in [7, 11) is 0. The maximum Gasteiger partial charge on any atom is 0.132 e. The van der Waals surface area contributed by atoms with Gasteiger partial charge in [0, 0.05) is 42.8 Å². The van der Waals surface area contributed by atoms with Crippen LogP contribution in [0.4, 0.5) is 0 Å². The number of rotatable bonds is 4. The first kappa shape index (κ1) is 11.7. The third-order valence-electron chi connectivity index (χ3n) is 2.67. The van der Waals surface area contributed by atoms with E-state index in [1.807, 2.05) is 18.3 Å². The molecule has 0 fully saturated rings. The van der Waals surface area contributed by atoms with E-state index >= 15 is 0 Å². The van der Waals surface area contributed by atoms with Gasteiger partial charge in [0.15, 0.2) is 0 Å². The highest BCUT2D eigenvalue weighted by atomic mass is 14.9. The van der Waals surface area contributed by atoms with Gasteiger partial charge in [-0.15, -0.1) is 0 Å². The molecule has 0 radical (unpaired) electrons. The molecule has 2 N–H and O–H groups in total. The Bertz CT molecular complexity index is 482. The van der Waals surface area contributed by atoms with Crippen LogP contribution in [-0.4, -0.2) is 15.0 Å². The molecule has 17 heavy (non-hydrogen) atoms. The van der Waals surface area contributed by atoms with E-state index in [2.05, 4.69) is 21.9 Å². The summed E-state index contributed by atoms with van der Waals surface area (Å²) < 4.78 is 0. The zero-order valence-electron chi connectivity index (χ0n) is 9.93. The Kier molecular flexibility index (Phi) is 3.77. The predicted octanol–water partition coefficient (Wildman–Crippen LogP) is 1.48. The minimum Gasteiger partial charge on any atom is -0.326 e. The zero-order chi connectivity index (χ0) is 12.1. The minimum absolute atomic E-state index is 0.499. The van der Waals surface area contributed by atoms with Crippen LogP contribution in [0, 0.1) is 0 Å². The molecular formula is C13H16N4. The summed E-state index contributed by atoms with van der Waals surface area (Å²) in [5.41, 5.74) is 8.89. The van der Waals surface area contributed by atoms with Gasteiger partial charge in [-0.25, -0.2) is 9.97 Å². The lowest BCUT2D eigenvalue weighted by Gasteiger charge is -2.06. The van der Waals surface area contributed by atoms with Crippen LogP contribution in [-0.2, 0) is 19.4 Å². The van der Waals surface area contributed by atoms with Crippen molar-refractivity contribution < 1.29 is 0 Å². The molecule has 0 saturated heterocycles. The van der Waals surface area contributed by atoms with Gasteiger partial charge in [-0.3, -0.25) is 4.98 Å². The monoisotopic (exact) mass is 228 g/mol. The quantitative estimate of drug-likeness (QED) is 0.861. The van der Waals surface area contributed by atoms with E-state index in [1.54, 1.807) is 12.4 Å². The number of nitrogens with two attached hydrogens (primary N) is 1. The van der Waals surface area contributed by atoms with Gasteiger partial charge in [0.25, 0.3) is 0 Å². The van der Waals surface area contributed by atoms with Crippen LogP contribution in [0.1, 0.15) is 29.6 Å². The lowest BCUT2D eigenvalue weighted by atomic mass is 10.1. The molecule has 4 nitrogen and oxygen atoms in total. The van der Waals surface area contributed by atoms with E-state index in [9.17, 15) is 0 Å². The topological polar surface area (TPSA) is 64.7 Å². The molecule has 0 amide bonds. The van der Waals surface area contributed by atoms with E-state index in [0.717, 1.165) is 29.9 Å². The summed E-state index contributed by atoms with van der Waals surface area (Å²) in [5, 5.41) is 0. The number of nitrogens with zero attached hydrogens (tertiary/aromatic N) is 3. The molecule has 88 valence electrons. The van der Waals surface area contributed by atoms with Crippen LogP contribution in [0.3, 0.4) is 0 Å². The van der Waals surface area contributed by atoms with Crippen LogP contribution in [0.2, 0.25) is 0 Å². The van der Waals surface area contributed by atoms with E-state index < -0.39 is 0 Å². The van der Waals surface area contributed by atoms with Gasteiger partial charge >= 0.3 is 0 Å². The molecule has 0 unspecified atom stereocenters. The summed E-state index contributed by atoms with van der Waals surface area (Å²) in [5.74, 6) is 0.838. The standard InChI is InChI=1S/C13H16N4/c1-2-12-11(8-14)9-16-13(17-12)7-10-3-5-15-6-4-10/h3-6,9H,2,7-8,14H2,1H3. The lowest BCUT2D eigenvalue weighted by molar-refractivity contribution is 0.858. The average molecular weight is 228 g/mol. The molecular weight excluding hydrogens is 212 g/mol. The highest BCUT2D eigenvalue weighted by molar-refractivity contribution is 5.21. The average Bonchev–Trinajstić information content (AvgIpc) is 2.40. The maximum absolute atomic E-state index is 5.64. The third kappa shape index (κ3) is 2.85. The Morgan fingerprint density at radius 1 is 1.24 bits per heavy atom. The van der Waals surface area contributed by atoms with Gasteiger partial charge in [0.2, 0.25) is 0 Å². The molecule has 0 saturated carbocycles. The molecule has 0 aliphatic heterocycles. The Hall–Kier alpha value is -1.81. The van der Waals surface area contributed by atoms with Crippen molar-refractivity contribution in [3.05, 3.63) is 53.4 Å². The largest absolute Gasteiger partial charge is 0.326 e. The maximum atomic E-state index is 5.64. The molecule has 2 rings (SSSR count). The Morgan fingerprint density at radius 3 is 2.65 bits per heavy atom. The summed E-state index contributed by atoms with van der Waals surface area (Å²) in [6.07, 6.45) is 7.02. The molecule has 0 aliphatic carbocycles. The highest BCUT2D eigenvalue weighted by Gasteiger charge is 2.05. The fourth-order valence-corrected chi connectivity index (χ4v) is 1.73. The van der Waals surface area contributed by atoms with Gasteiger partial charge in [-0.1, -0.05) is 6.92 Å². The second-order valence-corrected chi connectivity index (χ2v) is 3.85. The van der Waals surface area contributed by atoms with Crippen molar-refractivity contribution in [2.45, 2.75) is 26.3 Å². The fraction of sp³-hybridized carbons (Fsp3) is 0.308. The van der Waals surface area contributed by atoms with Crippen LogP contribution in [0.15, 0.2) is 30.7 Å². The molecule has 2 aromatic heterocycles. The molecule has 2 aromatic rings. The Labute approximate surface area is 101 Å². The summed E-state index contributed by atoms with van der Waals surface area (Å²) >= 11 is 0. The first-order valence-corrected chi connectivity index (χ1v) is 5.76. The Morgan fingerprint density at radius 2 is 2.00 bits per heavy atom. The van der Waals surface area contributed by atoms with Crippen molar-refractivity contribution in [2.75, 3.05) is 0 Å². The molecule has 0 aromatic carbocycles. The summed E-state index contributed by atoms with van der Waals surface area (Å²) in [6.45, 7) is 2.58. The highest BCUT2D eigenvalue weighted by Crippen LogP contribution is 2.09. The van der Waals surface area contributed by atoms with Gasteiger partial charge in [-0.2, -0.15) is 0 Å². The minimum atomic E-state index is 0.499. The van der Waals surface area contributed by atoms with E-state index in [4.69, 9.17) is 5.73 Å². The van der Waals surface area contributed by atoms with Crippen LogP contribution >= 0.6 is 0 Å². The summed E-state index contributed by atoms with van der Waals surface area (Å²) in [4.78, 5) is 12.9. The molecule has 0 bridgehead atoms. The van der Waals surface area contributed by atoms with Crippen molar-refractivity contribution >= 4 is 0 Å². The number of aromatic nitrogens is 3. The fourth-order valence-electron chi connectivity index (χ4n) is 1.73. The predicted molar refractivity (Wildman–Crippen MR) is 66.3 cm³/mol. The van der Waals surface area contributed by atoms with Crippen molar-refractivity contribution in [1.82, 2.24) is 15.0 Å². The molecule has 4 heteroatoms. The molecule has 0 spiro atoms. The first-order valence-electron chi connectivity index (χ1n) is 5.76. The zero-order valence-corrected chi connectivity index (χ0v) is 9.93. The van der Waals surface area contributed by atoms with Crippen molar-refractivity contribution in [3.63, 3.8) is 0 Å². The SMILES string of the molecule is CCc1nc(Cc2ccncc2)ncc1CN. The van der Waals surface area contributed by atoms with Gasteiger partial charge < -0.3 is 5.73 Å². The molecule has 0 atom stereocenters. The molecule has 0 aliphatic rings. The van der Waals surface area contributed by atoms with Gasteiger partial charge in [0.1, 0.15) is 5.82 Å². The third-order valence-corrected chi connectivity index (χ3v) is 2.67. The second-order valence-electron chi connectivity index (χ2n) is 3.85. The Balaban J connectivity index is 2.22. The lowest BCUT2D eigenvalue weighted by Crippen LogP contribution is -2.07.